The smallest absolute Gasteiger partial charge is 0.135 e. The van der Waals surface area contributed by atoms with E-state index >= 15 is 0 Å². The van der Waals surface area contributed by atoms with Crippen molar-refractivity contribution in [1.29, 1.82) is 0 Å². The van der Waals surface area contributed by atoms with Gasteiger partial charge in [-0.15, -0.1) is 0 Å². The fourth-order valence-corrected chi connectivity index (χ4v) is 6.77. The van der Waals surface area contributed by atoms with Gasteiger partial charge < -0.3 is 9.30 Å². The normalized spacial score (nSPS) is 12.0. The summed E-state index contributed by atoms with van der Waals surface area (Å²) < 4.78 is 8.96. The van der Waals surface area contributed by atoms with Crippen molar-refractivity contribution in [3.05, 3.63) is 152 Å². The first-order chi connectivity index (χ1) is 20.8. The Morgan fingerprint density at radius 2 is 1.10 bits per heavy atom. The van der Waals surface area contributed by atoms with Crippen LogP contribution in [0.5, 0.6) is 11.5 Å². The van der Waals surface area contributed by atoms with Gasteiger partial charge in [0.1, 0.15) is 11.5 Å². The molecule has 0 saturated heterocycles. The van der Waals surface area contributed by atoms with Gasteiger partial charge >= 0.3 is 0 Å². The molecule has 9 rings (SSSR count). The molecular weight excluding hydrogens is 510 g/mol. The fraction of sp³-hybridized carbons (Fsp3) is 0. The maximum absolute atomic E-state index is 6.55. The molecule has 2 heterocycles. The van der Waals surface area contributed by atoms with Crippen LogP contribution in [0.3, 0.4) is 0 Å². The molecule has 0 fully saturated rings. The Morgan fingerprint density at radius 1 is 0.405 bits per heavy atom. The lowest BCUT2D eigenvalue weighted by atomic mass is 9.89. The molecule has 42 heavy (non-hydrogen) atoms. The number of benzene rings is 7. The molecule has 0 spiro atoms. The molecule has 1 aliphatic heterocycles. The minimum absolute atomic E-state index is 0.891. The summed E-state index contributed by atoms with van der Waals surface area (Å²) in [6.45, 7) is 0. The van der Waals surface area contributed by atoms with Crippen molar-refractivity contribution in [2.24, 2.45) is 0 Å². The monoisotopic (exact) mass is 535 g/mol. The lowest BCUT2D eigenvalue weighted by Gasteiger charge is -2.23. The van der Waals surface area contributed by atoms with E-state index in [9.17, 15) is 0 Å². The van der Waals surface area contributed by atoms with Gasteiger partial charge in [-0.2, -0.15) is 0 Å². The van der Waals surface area contributed by atoms with Gasteiger partial charge in [-0.1, -0.05) is 115 Å². The van der Waals surface area contributed by atoms with Crippen LogP contribution in [0, 0.1) is 0 Å². The maximum Gasteiger partial charge on any atom is 0.135 e. The third-order valence-corrected chi connectivity index (χ3v) is 8.60. The maximum atomic E-state index is 6.55. The van der Waals surface area contributed by atoms with Crippen LogP contribution in [-0.2, 0) is 0 Å². The summed E-state index contributed by atoms with van der Waals surface area (Å²) in [5.41, 5.74) is 10.7. The summed E-state index contributed by atoms with van der Waals surface area (Å²) in [7, 11) is 0. The largest absolute Gasteiger partial charge is 0.456 e. The second-order valence-corrected chi connectivity index (χ2v) is 10.9. The minimum Gasteiger partial charge on any atom is -0.456 e. The summed E-state index contributed by atoms with van der Waals surface area (Å²) >= 11 is 0. The molecule has 0 amide bonds. The number of rotatable bonds is 3. The van der Waals surface area contributed by atoms with E-state index < -0.39 is 0 Å². The number of ether oxygens (including phenoxy) is 1. The average Bonchev–Trinajstić information content (AvgIpc) is 3.40. The predicted molar refractivity (Wildman–Crippen MR) is 175 cm³/mol. The molecule has 7 aromatic carbocycles. The van der Waals surface area contributed by atoms with E-state index in [4.69, 9.17) is 4.74 Å². The summed E-state index contributed by atoms with van der Waals surface area (Å²) in [6, 6.07) is 54.2. The number of hydrogen-bond acceptors (Lipinski definition) is 1. The van der Waals surface area contributed by atoms with Crippen LogP contribution in [0.1, 0.15) is 0 Å². The SMILES string of the molecule is c1ccc(-c2ccc3c4c(cccc24)-c2cc(-c4cccc5c6ccccc6n(-c6ccccc6)c45)ccc2O3)cc1. The second kappa shape index (κ2) is 8.95. The van der Waals surface area contributed by atoms with Crippen LogP contribution < -0.4 is 4.74 Å². The third kappa shape index (κ3) is 3.33. The Hall–Kier alpha value is -5.60. The fourth-order valence-electron chi connectivity index (χ4n) is 6.77. The van der Waals surface area contributed by atoms with E-state index in [1.54, 1.807) is 0 Å². The van der Waals surface area contributed by atoms with Crippen molar-refractivity contribution in [3.8, 4) is 50.6 Å². The molecule has 0 bridgehead atoms. The van der Waals surface area contributed by atoms with Crippen molar-refractivity contribution in [3.63, 3.8) is 0 Å². The summed E-state index contributed by atoms with van der Waals surface area (Å²) in [5.74, 6) is 1.80. The molecular formula is C40H25NO. The molecule has 0 N–H and O–H groups in total. The molecule has 0 atom stereocenters. The van der Waals surface area contributed by atoms with Crippen molar-refractivity contribution >= 4 is 32.6 Å². The highest BCUT2D eigenvalue weighted by molar-refractivity contribution is 6.14. The van der Waals surface area contributed by atoms with Gasteiger partial charge in [0.2, 0.25) is 0 Å². The average molecular weight is 536 g/mol. The molecule has 1 aromatic heterocycles. The Morgan fingerprint density at radius 3 is 1.95 bits per heavy atom. The van der Waals surface area contributed by atoms with Gasteiger partial charge in [0.05, 0.1) is 11.0 Å². The number of aromatic nitrogens is 1. The summed E-state index contributed by atoms with van der Waals surface area (Å²) in [4.78, 5) is 0. The standard InChI is InChI=1S/C40H25NO/c1-3-11-26(12-4-1)29-22-24-38-39-32(29)17-10-18-33(39)35-25-27(21-23-37(35)42-38)30-16-9-19-34-31-15-7-8-20-36(31)41(40(30)34)28-13-5-2-6-14-28/h1-25H. The zero-order valence-electron chi connectivity index (χ0n) is 22.8. The van der Waals surface area contributed by atoms with Crippen LogP contribution in [0.15, 0.2) is 152 Å². The zero-order chi connectivity index (χ0) is 27.6. The van der Waals surface area contributed by atoms with Gasteiger partial charge in [0.25, 0.3) is 0 Å². The molecule has 0 radical (unpaired) electrons. The molecule has 1 aliphatic rings. The van der Waals surface area contributed by atoms with Gasteiger partial charge in [-0.3, -0.25) is 0 Å². The highest BCUT2D eigenvalue weighted by Gasteiger charge is 2.23. The van der Waals surface area contributed by atoms with E-state index in [1.807, 2.05) is 0 Å². The highest BCUT2D eigenvalue weighted by Crippen LogP contribution is 2.50. The van der Waals surface area contributed by atoms with Gasteiger partial charge in [0.15, 0.2) is 0 Å². The molecule has 0 unspecified atom stereocenters. The highest BCUT2D eigenvalue weighted by atomic mass is 16.5. The van der Waals surface area contributed by atoms with E-state index in [-0.39, 0.29) is 0 Å². The van der Waals surface area contributed by atoms with E-state index in [2.05, 4.69) is 156 Å². The number of nitrogens with zero attached hydrogens (tertiary/aromatic N) is 1. The molecule has 0 saturated carbocycles. The topological polar surface area (TPSA) is 14.2 Å². The van der Waals surface area contributed by atoms with E-state index in [1.165, 1.54) is 60.4 Å². The Kier molecular flexibility index (Phi) is 4.93. The minimum atomic E-state index is 0.891. The van der Waals surface area contributed by atoms with Gasteiger partial charge in [-0.25, -0.2) is 0 Å². The molecule has 196 valence electrons. The number of hydrogen-bond donors (Lipinski definition) is 0. The Balaban J connectivity index is 1.30. The first-order valence-electron chi connectivity index (χ1n) is 14.4. The predicted octanol–water partition coefficient (Wildman–Crippen LogP) is 11.0. The van der Waals surface area contributed by atoms with E-state index in [0.29, 0.717) is 0 Å². The number of para-hydroxylation sites is 3. The van der Waals surface area contributed by atoms with Crippen molar-refractivity contribution in [1.82, 2.24) is 4.57 Å². The van der Waals surface area contributed by atoms with Crippen LogP contribution in [0.4, 0.5) is 0 Å². The third-order valence-electron chi connectivity index (χ3n) is 8.60. The summed E-state index contributed by atoms with van der Waals surface area (Å²) in [5, 5.41) is 4.88. The molecule has 0 aliphatic carbocycles. The van der Waals surface area contributed by atoms with Crippen LogP contribution in [0.25, 0.3) is 71.6 Å². The molecule has 8 aromatic rings. The van der Waals surface area contributed by atoms with Crippen molar-refractivity contribution < 1.29 is 4.74 Å². The second-order valence-electron chi connectivity index (χ2n) is 10.9. The van der Waals surface area contributed by atoms with Crippen LogP contribution >= 0.6 is 0 Å². The Bertz CT molecular complexity index is 2310. The Labute approximate surface area is 243 Å². The van der Waals surface area contributed by atoms with Gasteiger partial charge in [-0.05, 0) is 64.0 Å². The molecule has 2 heteroatoms. The lowest BCUT2D eigenvalue weighted by Crippen LogP contribution is -1.99. The number of fused-ring (bicyclic) bond motifs is 5. The first kappa shape index (κ1) is 23.1. The lowest BCUT2D eigenvalue weighted by molar-refractivity contribution is 0.487. The van der Waals surface area contributed by atoms with Crippen molar-refractivity contribution in [2.45, 2.75) is 0 Å². The van der Waals surface area contributed by atoms with Gasteiger partial charge in [0, 0.05) is 33.0 Å². The van der Waals surface area contributed by atoms with Crippen LogP contribution in [-0.4, -0.2) is 4.57 Å². The van der Waals surface area contributed by atoms with Crippen LogP contribution in [0.2, 0.25) is 0 Å². The summed E-state index contributed by atoms with van der Waals surface area (Å²) in [6.07, 6.45) is 0. The molecule has 2 nitrogen and oxygen atoms in total. The van der Waals surface area contributed by atoms with E-state index in [0.717, 1.165) is 22.7 Å². The van der Waals surface area contributed by atoms with Crippen molar-refractivity contribution in [2.75, 3.05) is 0 Å². The quantitative estimate of drug-likeness (QED) is 0.219. The first-order valence-corrected chi connectivity index (χ1v) is 14.4. The zero-order valence-corrected chi connectivity index (χ0v) is 22.8.